The van der Waals surface area contributed by atoms with Gasteiger partial charge in [0.15, 0.2) is 0 Å². The van der Waals surface area contributed by atoms with Gasteiger partial charge in [-0.05, 0) is 23.1 Å². The molecule has 1 N–H and O–H groups in total. The molecule has 0 unspecified atom stereocenters. The Morgan fingerprint density at radius 2 is 1.64 bits per heavy atom. The van der Waals surface area contributed by atoms with Gasteiger partial charge in [-0.3, -0.25) is 0 Å². The average molecular weight is 194 g/mol. The van der Waals surface area contributed by atoms with Crippen molar-refractivity contribution < 1.29 is 9.84 Å². The monoisotopic (exact) mass is 194 g/mol. The molecular formula is C12H18O2. The fourth-order valence-electron chi connectivity index (χ4n) is 1.29. The molecule has 1 aromatic carbocycles. The molecule has 0 aromatic heterocycles. The van der Waals surface area contributed by atoms with Crippen LogP contribution in [0.1, 0.15) is 32.4 Å². The van der Waals surface area contributed by atoms with E-state index in [1.54, 1.807) is 7.11 Å². The van der Waals surface area contributed by atoms with Crippen LogP contribution in [0, 0.1) is 5.41 Å². The molecule has 0 saturated heterocycles. The van der Waals surface area contributed by atoms with Gasteiger partial charge in [0.25, 0.3) is 0 Å². The van der Waals surface area contributed by atoms with Crippen LogP contribution in [0.15, 0.2) is 24.3 Å². The van der Waals surface area contributed by atoms with Gasteiger partial charge in [-0.2, -0.15) is 0 Å². The Balaban J connectivity index is 2.87. The highest BCUT2D eigenvalue weighted by atomic mass is 16.5. The van der Waals surface area contributed by atoms with Crippen LogP contribution in [0.5, 0.6) is 5.75 Å². The van der Waals surface area contributed by atoms with Crippen molar-refractivity contribution in [2.24, 2.45) is 5.41 Å². The molecular weight excluding hydrogens is 176 g/mol. The highest BCUT2D eigenvalue weighted by Gasteiger charge is 2.23. The molecule has 0 bridgehead atoms. The van der Waals surface area contributed by atoms with Crippen molar-refractivity contribution in [2.45, 2.75) is 26.9 Å². The molecule has 0 fully saturated rings. The predicted octanol–water partition coefficient (Wildman–Crippen LogP) is 2.77. The van der Waals surface area contributed by atoms with E-state index in [2.05, 4.69) is 0 Å². The van der Waals surface area contributed by atoms with E-state index in [9.17, 15) is 5.11 Å². The maximum atomic E-state index is 9.98. The van der Waals surface area contributed by atoms with Crippen LogP contribution in [-0.2, 0) is 0 Å². The third kappa shape index (κ3) is 2.48. The Hall–Kier alpha value is -1.02. The van der Waals surface area contributed by atoms with Gasteiger partial charge in [-0.25, -0.2) is 0 Å². The topological polar surface area (TPSA) is 29.5 Å². The largest absolute Gasteiger partial charge is 0.497 e. The van der Waals surface area contributed by atoms with Gasteiger partial charge in [0, 0.05) is 0 Å². The summed E-state index contributed by atoms with van der Waals surface area (Å²) in [5.41, 5.74) is 0.799. The second-order valence-corrected chi connectivity index (χ2v) is 4.54. The quantitative estimate of drug-likeness (QED) is 0.784. The maximum Gasteiger partial charge on any atom is 0.118 e. The van der Waals surface area contributed by atoms with E-state index in [0.717, 1.165) is 11.3 Å². The Morgan fingerprint density at radius 3 is 2.00 bits per heavy atom. The number of hydrogen-bond acceptors (Lipinski definition) is 2. The predicted molar refractivity (Wildman–Crippen MR) is 57.4 cm³/mol. The molecule has 1 rings (SSSR count). The van der Waals surface area contributed by atoms with Crippen molar-refractivity contribution in [2.75, 3.05) is 7.11 Å². The molecule has 2 heteroatoms. The highest BCUT2D eigenvalue weighted by Crippen LogP contribution is 2.32. The number of methoxy groups -OCH3 is 1. The van der Waals surface area contributed by atoms with Crippen molar-refractivity contribution in [1.82, 2.24) is 0 Å². The third-order valence-electron chi connectivity index (χ3n) is 2.25. The normalized spacial score (nSPS) is 13.8. The Kier molecular flexibility index (Phi) is 3.17. The number of aliphatic hydroxyl groups is 1. The SMILES string of the molecule is COc1ccc([C@@H](O)C(C)(C)C)cc1. The van der Waals surface area contributed by atoms with E-state index in [1.165, 1.54) is 0 Å². The van der Waals surface area contributed by atoms with Gasteiger partial charge in [0.2, 0.25) is 0 Å². The lowest BCUT2D eigenvalue weighted by atomic mass is 9.85. The van der Waals surface area contributed by atoms with Gasteiger partial charge in [-0.15, -0.1) is 0 Å². The van der Waals surface area contributed by atoms with E-state index in [1.807, 2.05) is 45.0 Å². The Morgan fingerprint density at radius 1 is 1.14 bits per heavy atom. The summed E-state index contributed by atoms with van der Waals surface area (Å²) in [6.07, 6.45) is -0.437. The molecule has 2 nitrogen and oxygen atoms in total. The smallest absolute Gasteiger partial charge is 0.118 e. The molecule has 0 radical (unpaired) electrons. The van der Waals surface area contributed by atoms with Crippen molar-refractivity contribution in [3.05, 3.63) is 29.8 Å². The average Bonchev–Trinajstić information content (AvgIpc) is 2.15. The second kappa shape index (κ2) is 4.01. The molecule has 0 spiro atoms. The summed E-state index contributed by atoms with van der Waals surface area (Å²) in [6.45, 7) is 6.05. The van der Waals surface area contributed by atoms with Gasteiger partial charge in [0.1, 0.15) is 5.75 Å². The number of hydrogen-bond donors (Lipinski definition) is 1. The minimum Gasteiger partial charge on any atom is -0.497 e. The van der Waals surface area contributed by atoms with E-state index in [0.29, 0.717) is 0 Å². The van der Waals surface area contributed by atoms with Crippen LogP contribution in [0.4, 0.5) is 0 Å². The zero-order chi connectivity index (χ0) is 10.8. The molecule has 0 aliphatic rings. The van der Waals surface area contributed by atoms with Crippen LogP contribution >= 0.6 is 0 Å². The van der Waals surface area contributed by atoms with Crippen LogP contribution in [0.2, 0.25) is 0 Å². The number of ether oxygens (including phenoxy) is 1. The third-order valence-corrected chi connectivity index (χ3v) is 2.25. The standard InChI is InChI=1S/C12H18O2/c1-12(2,3)11(13)9-5-7-10(14-4)8-6-9/h5-8,11,13H,1-4H3/t11-/m1/s1. The first-order valence-corrected chi connectivity index (χ1v) is 4.77. The molecule has 0 aliphatic carbocycles. The lowest BCUT2D eigenvalue weighted by Gasteiger charge is -2.26. The fraction of sp³-hybridized carbons (Fsp3) is 0.500. The zero-order valence-electron chi connectivity index (χ0n) is 9.24. The Bertz CT molecular complexity index is 282. The lowest BCUT2D eigenvalue weighted by Crippen LogP contribution is -2.17. The van der Waals surface area contributed by atoms with Crippen LogP contribution in [0.25, 0.3) is 0 Å². The summed E-state index contributed by atoms with van der Waals surface area (Å²) < 4.78 is 5.05. The zero-order valence-corrected chi connectivity index (χ0v) is 9.24. The van der Waals surface area contributed by atoms with Gasteiger partial charge < -0.3 is 9.84 Å². The van der Waals surface area contributed by atoms with Gasteiger partial charge in [0.05, 0.1) is 13.2 Å². The van der Waals surface area contributed by atoms with Crippen LogP contribution in [0.3, 0.4) is 0 Å². The Labute approximate surface area is 85.5 Å². The minimum atomic E-state index is -0.437. The molecule has 0 saturated carbocycles. The summed E-state index contributed by atoms with van der Waals surface area (Å²) in [5.74, 6) is 0.815. The number of rotatable bonds is 2. The summed E-state index contributed by atoms with van der Waals surface area (Å²) >= 11 is 0. The van der Waals surface area contributed by atoms with Crippen molar-refractivity contribution >= 4 is 0 Å². The molecule has 0 heterocycles. The first kappa shape index (κ1) is 11.1. The minimum absolute atomic E-state index is 0.130. The first-order valence-electron chi connectivity index (χ1n) is 4.77. The highest BCUT2D eigenvalue weighted by molar-refractivity contribution is 5.29. The molecule has 0 amide bonds. The van der Waals surface area contributed by atoms with Crippen molar-refractivity contribution in [1.29, 1.82) is 0 Å². The van der Waals surface area contributed by atoms with Crippen molar-refractivity contribution in [3.63, 3.8) is 0 Å². The van der Waals surface area contributed by atoms with E-state index in [-0.39, 0.29) is 5.41 Å². The van der Waals surface area contributed by atoms with Gasteiger partial charge >= 0.3 is 0 Å². The second-order valence-electron chi connectivity index (χ2n) is 4.54. The fourth-order valence-corrected chi connectivity index (χ4v) is 1.29. The molecule has 1 atom stereocenters. The van der Waals surface area contributed by atoms with E-state index < -0.39 is 6.10 Å². The summed E-state index contributed by atoms with van der Waals surface area (Å²) in [4.78, 5) is 0. The summed E-state index contributed by atoms with van der Waals surface area (Å²) in [7, 11) is 1.63. The number of benzene rings is 1. The van der Waals surface area contributed by atoms with E-state index >= 15 is 0 Å². The number of aliphatic hydroxyl groups excluding tert-OH is 1. The summed E-state index contributed by atoms with van der Waals surface area (Å²) in [6, 6.07) is 7.53. The summed E-state index contributed by atoms with van der Waals surface area (Å²) in [5, 5.41) is 9.98. The maximum absolute atomic E-state index is 9.98. The molecule has 14 heavy (non-hydrogen) atoms. The lowest BCUT2D eigenvalue weighted by molar-refractivity contribution is 0.0626. The van der Waals surface area contributed by atoms with Crippen LogP contribution in [-0.4, -0.2) is 12.2 Å². The molecule has 0 aliphatic heterocycles. The van der Waals surface area contributed by atoms with Gasteiger partial charge in [-0.1, -0.05) is 32.9 Å². The van der Waals surface area contributed by atoms with E-state index in [4.69, 9.17) is 4.74 Å². The van der Waals surface area contributed by atoms with Crippen molar-refractivity contribution in [3.8, 4) is 5.75 Å². The first-order chi connectivity index (χ1) is 6.45. The molecule has 78 valence electrons. The van der Waals surface area contributed by atoms with Crippen LogP contribution < -0.4 is 4.74 Å². The molecule has 1 aromatic rings.